The van der Waals surface area contributed by atoms with E-state index in [1.54, 1.807) is 53.6 Å². The number of nitrogens with one attached hydrogen (secondary N) is 2. The number of thiophene rings is 1. The monoisotopic (exact) mass is 874 g/mol. The first-order chi connectivity index (χ1) is 29.5. The molecule has 0 unspecified atom stereocenters. The van der Waals surface area contributed by atoms with Crippen LogP contribution in [-0.4, -0.2) is 109 Å². The van der Waals surface area contributed by atoms with Gasteiger partial charge in [0, 0.05) is 66.5 Å². The van der Waals surface area contributed by atoms with Gasteiger partial charge in [-0.2, -0.15) is 0 Å². The predicted molar refractivity (Wildman–Crippen MR) is 230 cm³/mol. The van der Waals surface area contributed by atoms with Crippen LogP contribution >= 0.6 is 18.9 Å². The summed E-state index contributed by atoms with van der Waals surface area (Å²) < 4.78 is 48.0. The molecule has 2 aromatic carbocycles. The number of carbonyl (C=O) groups excluding carboxylic acids is 4. The molecular weight excluding hydrogens is 823 g/mol. The number of halogens is 1. The molecule has 2 aromatic heterocycles. The summed E-state index contributed by atoms with van der Waals surface area (Å²) in [5.74, 6) is -3.31. The number of para-hydroxylation sites is 1. The summed E-state index contributed by atoms with van der Waals surface area (Å²) in [6.07, 6.45) is 7.53. The zero-order chi connectivity index (χ0) is 42.7. The molecule has 6 atom stereocenters. The summed E-state index contributed by atoms with van der Waals surface area (Å²) in [6.45, 7) is 7.52. The van der Waals surface area contributed by atoms with Gasteiger partial charge < -0.3 is 34.0 Å². The van der Waals surface area contributed by atoms with Gasteiger partial charge in [-0.3, -0.25) is 28.7 Å². The number of esters is 1. The third-order valence-electron chi connectivity index (χ3n) is 12.0. The Bertz CT molecular complexity index is 2290. The number of hydrogen-bond donors (Lipinski definition) is 2. The van der Waals surface area contributed by atoms with Crippen molar-refractivity contribution in [3.8, 4) is 5.75 Å². The maximum Gasteiger partial charge on any atom is 0.355 e. The van der Waals surface area contributed by atoms with Crippen LogP contribution in [0.2, 0.25) is 0 Å². The number of rotatable bonds is 14. The molecule has 0 bridgehead atoms. The van der Waals surface area contributed by atoms with Crippen molar-refractivity contribution < 1.29 is 42.1 Å². The Kier molecular flexibility index (Phi) is 13.1. The van der Waals surface area contributed by atoms with E-state index in [1.807, 2.05) is 24.1 Å². The SMILES string of the molecule is CCCOC(=O)[C@H](C)N[P@](=O)(Oc1ccccc1)[C@@H](F)c1ccc2sc(C(=O)N[C@H]3CCC[C@H]4CC[C@@H](C(=O)N5CC(c6cnccc6N6CCOCC6)C5)N4C3=O)cc2c1. The molecule has 2 N–H and O–H groups in total. The summed E-state index contributed by atoms with van der Waals surface area (Å²) in [7, 11) is -4.44. The number of benzene rings is 2. The molecule has 8 rings (SSSR count). The van der Waals surface area contributed by atoms with Crippen LogP contribution in [0.3, 0.4) is 0 Å². The van der Waals surface area contributed by atoms with Gasteiger partial charge in [0.05, 0.1) is 24.7 Å². The summed E-state index contributed by atoms with van der Waals surface area (Å²) >= 11 is 1.19. The van der Waals surface area contributed by atoms with E-state index in [1.165, 1.54) is 30.4 Å². The largest absolute Gasteiger partial charge is 0.465 e. The fourth-order valence-electron chi connectivity index (χ4n) is 8.78. The van der Waals surface area contributed by atoms with Crippen LogP contribution in [0.5, 0.6) is 5.75 Å². The van der Waals surface area contributed by atoms with Crippen molar-refractivity contribution in [3.63, 3.8) is 0 Å². The molecule has 17 heteroatoms. The number of nitrogens with zero attached hydrogens (tertiary/aromatic N) is 4. The number of pyridine rings is 1. The van der Waals surface area contributed by atoms with Crippen molar-refractivity contribution in [2.24, 2.45) is 0 Å². The molecule has 0 aliphatic carbocycles. The molecule has 61 heavy (non-hydrogen) atoms. The van der Waals surface area contributed by atoms with Gasteiger partial charge in [-0.1, -0.05) is 31.2 Å². The molecule has 4 aromatic rings. The van der Waals surface area contributed by atoms with E-state index >= 15 is 4.39 Å². The molecule has 14 nitrogen and oxygen atoms in total. The quantitative estimate of drug-likeness (QED) is 0.104. The van der Waals surface area contributed by atoms with Crippen LogP contribution in [0.1, 0.15) is 85.0 Å². The number of aromatic nitrogens is 1. The minimum atomic E-state index is -4.44. The van der Waals surface area contributed by atoms with Gasteiger partial charge in [0.15, 0.2) is 0 Å². The van der Waals surface area contributed by atoms with Crippen LogP contribution in [0.4, 0.5) is 10.1 Å². The van der Waals surface area contributed by atoms with E-state index in [2.05, 4.69) is 20.3 Å². The Morgan fingerprint density at radius 3 is 2.59 bits per heavy atom. The first-order valence-corrected chi connectivity index (χ1v) is 23.7. The summed E-state index contributed by atoms with van der Waals surface area (Å²) in [5, 5.41) is 6.08. The second kappa shape index (κ2) is 18.6. The Labute approximate surface area is 358 Å². The average Bonchev–Trinajstić information content (AvgIpc) is 3.86. The number of ether oxygens (including phenoxy) is 2. The molecule has 324 valence electrons. The fourth-order valence-corrected chi connectivity index (χ4v) is 11.6. The fraction of sp³-hybridized carbons (Fsp3) is 0.477. The van der Waals surface area contributed by atoms with E-state index in [0.29, 0.717) is 60.5 Å². The molecule has 3 amide bonds. The molecule has 4 fully saturated rings. The van der Waals surface area contributed by atoms with Gasteiger partial charge in [-0.05, 0) is 92.8 Å². The molecule has 4 aliphatic rings. The van der Waals surface area contributed by atoms with Crippen LogP contribution in [0.25, 0.3) is 10.1 Å². The van der Waals surface area contributed by atoms with Crippen molar-refractivity contribution in [3.05, 3.63) is 89.1 Å². The van der Waals surface area contributed by atoms with Crippen molar-refractivity contribution >= 4 is 58.3 Å². The van der Waals surface area contributed by atoms with E-state index in [-0.39, 0.29) is 41.7 Å². The standard InChI is InChI=1S/C44H52FN6O8PS/c1-3-20-58-44(55)28(2)48-60(56,59-33-9-5-4-6-10-33)40(45)29-12-15-38-30(23-29)24-39(61-38)41(52)47-35-11-7-8-32-13-14-37(51(32)42(35)53)43(54)50-26-31(27-50)34-25-46-17-16-36(34)49-18-21-57-22-19-49/h4-6,9-10,12,15-17,23-25,28,31-32,35,37,40H,3,7-8,11,13-14,18-22,26-27H2,1-2H3,(H,47,52)(H,48,56)/t28-,32-,35-,37-,40+,60+/m0/s1. The van der Waals surface area contributed by atoms with Gasteiger partial charge in [0.2, 0.25) is 17.7 Å². The Morgan fingerprint density at radius 1 is 1.03 bits per heavy atom. The lowest BCUT2D eigenvalue weighted by atomic mass is 9.90. The highest BCUT2D eigenvalue weighted by Gasteiger charge is 2.48. The number of anilines is 1. The van der Waals surface area contributed by atoms with Gasteiger partial charge in [-0.25, -0.2) is 9.48 Å². The van der Waals surface area contributed by atoms with E-state index in [4.69, 9.17) is 14.0 Å². The molecule has 0 spiro atoms. The maximum absolute atomic E-state index is 16.5. The first-order valence-electron chi connectivity index (χ1n) is 21.2. The van der Waals surface area contributed by atoms with Crippen LogP contribution < -0.4 is 19.8 Å². The van der Waals surface area contributed by atoms with E-state index in [9.17, 15) is 23.7 Å². The molecule has 4 saturated heterocycles. The smallest absolute Gasteiger partial charge is 0.355 e. The predicted octanol–water partition coefficient (Wildman–Crippen LogP) is 6.57. The van der Waals surface area contributed by atoms with Crippen LogP contribution in [-0.2, 0) is 28.4 Å². The number of fused-ring (bicyclic) bond motifs is 2. The van der Waals surface area contributed by atoms with Gasteiger partial charge in [0.1, 0.15) is 23.9 Å². The summed E-state index contributed by atoms with van der Waals surface area (Å²) in [5.41, 5.74) is 2.28. The van der Waals surface area contributed by atoms with Crippen molar-refractivity contribution in [1.29, 1.82) is 0 Å². The van der Waals surface area contributed by atoms with Crippen molar-refractivity contribution in [2.45, 2.75) is 88.4 Å². The lowest BCUT2D eigenvalue weighted by molar-refractivity contribution is -0.148. The minimum Gasteiger partial charge on any atom is -0.465 e. The zero-order valence-electron chi connectivity index (χ0n) is 34.4. The zero-order valence-corrected chi connectivity index (χ0v) is 36.1. The Morgan fingerprint density at radius 2 is 1.82 bits per heavy atom. The van der Waals surface area contributed by atoms with Crippen LogP contribution in [0, 0.1) is 0 Å². The lowest BCUT2D eigenvalue weighted by Gasteiger charge is -2.44. The lowest BCUT2D eigenvalue weighted by Crippen LogP contribution is -2.58. The molecule has 0 radical (unpaired) electrons. The van der Waals surface area contributed by atoms with Gasteiger partial charge in [-0.15, -0.1) is 11.3 Å². The highest BCUT2D eigenvalue weighted by molar-refractivity contribution is 7.57. The average molecular weight is 875 g/mol. The van der Waals surface area contributed by atoms with E-state index in [0.717, 1.165) is 43.6 Å². The summed E-state index contributed by atoms with van der Waals surface area (Å²) in [4.78, 5) is 65.3. The highest BCUT2D eigenvalue weighted by Crippen LogP contribution is 2.58. The third-order valence-corrected chi connectivity index (χ3v) is 15.2. The third kappa shape index (κ3) is 9.18. The molecule has 6 heterocycles. The van der Waals surface area contributed by atoms with E-state index < -0.39 is 43.4 Å². The number of morpholine rings is 1. The number of alkyl halides is 1. The normalized spacial score (nSPS) is 22.7. The Hall–Kier alpha value is -4.89. The molecular formula is C44H52FN6O8PS. The Balaban J connectivity index is 0.934. The maximum atomic E-state index is 16.5. The first kappa shape index (κ1) is 42.8. The van der Waals surface area contributed by atoms with Crippen LogP contribution in [0.15, 0.2) is 73.1 Å². The second-order valence-corrected chi connectivity index (χ2v) is 19.4. The summed E-state index contributed by atoms with van der Waals surface area (Å²) in [6, 6.07) is 13.8. The number of likely N-dealkylation sites (tertiary alicyclic amines) is 1. The number of hydrogen-bond acceptors (Lipinski definition) is 11. The minimum absolute atomic E-state index is 0.0272. The second-order valence-electron chi connectivity index (χ2n) is 16.2. The number of carbonyl (C=O) groups is 4. The van der Waals surface area contributed by atoms with Crippen molar-refractivity contribution in [2.75, 3.05) is 50.9 Å². The van der Waals surface area contributed by atoms with Crippen molar-refractivity contribution in [1.82, 2.24) is 25.2 Å². The highest BCUT2D eigenvalue weighted by atomic mass is 32.1. The molecule has 4 aliphatic heterocycles. The van der Waals surface area contributed by atoms with Gasteiger partial charge in [0.25, 0.3) is 5.91 Å². The number of amides is 3. The molecule has 0 saturated carbocycles. The topological polar surface area (TPSA) is 160 Å². The van der Waals surface area contributed by atoms with Gasteiger partial charge >= 0.3 is 13.5 Å².